The topological polar surface area (TPSA) is 46.6 Å². The maximum Gasteiger partial charge on any atom is 0.303 e. The van der Waals surface area contributed by atoms with E-state index in [0.29, 0.717) is 0 Å². The van der Waals surface area contributed by atoms with Gasteiger partial charge in [-0.25, -0.2) is 0 Å². The second-order valence-corrected chi connectivity index (χ2v) is 4.90. The van der Waals surface area contributed by atoms with E-state index in [1.807, 2.05) is 48.7 Å². The minimum Gasteiger partial charge on any atom is -0.450 e. The average Bonchev–Trinajstić information content (AvgIpc) is 2.41. The van der Waals surface area contributed by atoms with Gasteiger partial charge in [0.2, 0.25) is 6.10 Å². The molecular weight excluding hydrogens is 262 g/mol. The van der Waals surface area contributed by atoms with Crippen LogP contribution in [-0.4, -0.2) is 34.6 Å². The van der Waals surface area contributed by atoms with E-state index in [1.54, 1.807) is 4.31 Å². The first-order chi connectivity index (χ1) is 9.13. The first kappa shape index (κ1) is 13.7. The van der Waals surface area contributed by atoms with Gasteiger partial charge >= 0.3 is 5.97 Å². The summed E-state index contributed by atoms with van der Waals surface area (Å²) in [5.41, 5.74) is 1.05. The van der Waals surface area contributed by atoms with Crippen LogP contribution in [-0.2, 0) is 14.3 Å². The summed E-state index contributed by atoms with van der Waals surface area (Å²) in [6.45, 7) is 1.31. The van der Waals surface area contributed by atoms with Gasteiger partial charge in [0.05, 0.1) is 0 Å². The number of hydrogen-bond acceptors (Lipinski definition) is 4. The Morgan fingerprint density at radius 3 is 2.63 bits per heavy atom. The molecule has 0 unspecified atom stereocenters. The van der Waals surface area contributed by atoms with E-state index in [0.717, 1.165) is 5.56 Å². The molecule has 0 N–H and O–H groups in total. The van der Waals surface area contributed by atoms with Crippen molar-refractivity contribution in [2.45, 2.75) is 19.1 Å². The van der Waals surface area contributed by atoms with E-state index in [9.17, 15) is 9.59 Å². The molecular formula is C14H15NO3S. The Labute approximate surface area is 116 Å². The van der Waals surface area contributed by atoms with Gasteiger partial charge in [-0.05, 0) is 5.56 Å². The first-order valence-corrected chi connectivity index (χ1v) is 7.09. The number of nitrogens with zero attached hydrogens (tertiary/aromatic N) is 1. The molecule has 1 fully saturated rings. The summed E-state index contributed by atoms with van der Waals surface area (Å²) in [5.74, 6) is -0.595. The van der Waals surface area contributed by atoms with Gasteiger partial charge in [-0.1, -0.05) is 54.4 Å². The zero-order valence-corrected chi connectivity index (χ0v) is 11.6. The number of ether oxygens (including phenoxy) is 1. The van der Waals surface area contributed by atoms with E-state index in [-0.39, 0.29) is 11.9 Å². The second kappa shape index (κ2) is 5.93. The predicted octanol–water partition coefficient (Wildman–Crippen LogP) is 2.12. The highest BCUT2D eigenvalue weighted by molar-refractivity contribution is 7.96. The molecule has 1 saturated heterocycles. The fourth-order valence-electron chi connectivity index (χ4n) is 1.92. The first-order valence-electron chi connectivity index (χ1n) is 5.91. The van der Waals surface area contributed by atoms with E-state index in [1.165, 1.54) is 18.9 Å². The molecule has 0 bridgehead atoms. The lowest BCUT2D eigenvalue weighted by Gasteiger charge is -2.42. The van der Waals surface area contributed by atoms with Crippen LogP contribution in [0.2, 0.25) is 0 Å². The molecule has 1 aromatic rings. The van der Waals surface area contributed by atoms with Crippen LogP contribution < -0.4 is 0 Å². The molecule has 1 amide bonds. The lowest BCUT2D eigenvalue weighted by molar-refractivity contribution is -0.169. The normalized spacial score (nSPS) is 22.4. The van der Waals surface area contributed by atoms with Crippen LogP contribution in [0.5, 0.6) is 0 Å². The van der Waals surface area contributed by atoms with Crippen molar-refractivity contribution in [1.82, 2.24) is 4.31 Å². The summed E-state index contributed by atoms with van der Waals surface area (Å²) in [7, 11) is 0. The number of amides is 1. The fraction of sp³-hybridized carbons (Fsp3) is 0.286. The highest BCUT2D eigenvalue weighted by Crippen LogP contribution is 2.30. The van der Waals surface area contributed by atoms with Crippen molar-refractivity contribution in [3.05, 3.63) is 42.0 Å². The van der Waals surface area contributed by atoms with Crippen molar-refractivity contribution in [2.75, 3.05) is 6.26 Å². The number of esters is 1. The van der Waals surface area contributed by atoms with Gasteiger partial charge in [0.25, 0.3) is 5.91 Å². The molecule has 0 radical (unpaired) electrons. The van der Waals surface area contributed by atoms with Crippen LogP contribution in [0.1, 0.15) is 12.5 Å². The van der Waals surface area contributed by atoms with Crippen LogP contribution in [0.25, 0.3) is 6.08 Å². The summed E-state index contributed by atoms with van der Waals surface area (Å²) in [6, 6.07) is 9.58. The summed E-state index contributed by atoms with van der Waals surface area (Å²) >= 11 is 1.34. The lowest BCUT2D eigenvalue weighted by atomic mass is 10.0. The molecule has 0 saturated carbocycles. The Morgan fingerprint density at radius 1 is 1.37 bits per heavy atom. The number of β-lactam (4-membered cyclic amide) rings is 1. The minimum atomic E-state index is -0.690. The quantitative estimate of drug-likeness (QED) is 0.480. The van der Waals surface area contributed by atoms with Gasteiger partial charge in [0.1, 0.15) is 6.04 Å². The van der Waals surface area contributed by atoms with Crippen LogP contribution in [0.3, 0.4) is 0 Å². The zero-order valence-electron chi connectivity index (χ0n) is 10.8. The fourth-order valence-corrected chi connectivity index (χ4v) is 2.63. The van der Waals surface area contributed by atoms with Gasteiger partial charge in [0, 0.05) is 13.2 Å². The maximum absolute atomic E-state index is 11.7. The molecule has 19 heavy (non-hydrogen) atoms. The number of carbonyl (C=O) groups is 2. The molecule has 0 spiro atoms. The number of rotatable bonds is 4. The molecule has 100 valence electrons. The Morgan fingerprint density at radius 2 is 2.05 bits per heavy atom. The highest BCUT2D eigenvalue weighted by atomic mass is 32.2. The third-order valence-corrected chi connectivity index (χ3v) is 3.63. The van der Waals surface area contributed by atoms with E-state index in [4.69, 9.17) is 4.74 Å². The van der Waals surface area contributed by atoms with Crippen molar-refractivity contribution in [3.8, 4) is 0 Å². The van der Waals surface area contributed by atoms with Crippen molar-refractivity contribution < 1.29 is 14.3 Å². The van der Waals surface area contributed by atoms with Gasteiger partial charge in [-0.2, -0.15) is 0 Å². The summed E-state index contributed by atoms with van der Waals surface area (Å²) in [5, 5.41) is 0. The third kappa shape index (κ3) is 2.98. The Kier molecular flexibility index (Phi) is 4.27. The summed E-state index contributed by atoms with van der Waals surface area (Å²) in [4.78, 5) is 22.7. The van der Waals surface area contributed by atoms with Gasteiger partial charge in [0.15, 0.2) is 0 Å². The van der Waals surface area contributed by atoms with Crippen molar-refractivity contribution in [3.63, 3.8) is 0 Å². The Bertz CT molecular complexity index is 501. The van der Waals surface area contributed by atoms with E-state index >= 15 is 0 Å². The minimum absolute atomic E-state index is 0.162. The second-order valence-electron chi connectivity index (χ2n) is 4.14. The standard InChI is InChI=1S/C14H15NO3S/c1-10(16)18-13-12(15(19-2)14(13)17)9-8-11-6-4-3-5-7-11/h3-9,12-13H,1-2H3/b9-8+/t12-,13+/m0/s1. The SMILES string of the molecule is CSN1C(=O)[C@H](OC(C)=O)[C@@H]1/C=C/c1ccccc1. The number of carbonyl (C=O) groups excluding carboxylic acids is 2. The molecule has 2 rings (SSSR count). The van der Waals surface area contributed by atoms with E-state index < -0.39 is 12.1 Å². The molecule has 4 nitrogen and oxygen atoms in total. The predicted molar refractivity (Wildman–Crippen MR) is 75.2 cm³/mol. The molecule has 0 aromatic heterocycles. The smallest absolute Gasteiger partial charge is 0.303 e. The van der Waals surface area contributed by atoms with Crippen LogP contribution >= 0.6 is 11.9 Å². The molecule has 1 heterocycles. The van der Waals surface area contributed by atoms with Crippen molar-refractivity contribution >= 4 is 29.9 Å². The molecule has 1 aromatic carbocycles. The molecule has 5 heteroatoms. The number of benzene rings is 1. The van der Waals surface area contributed by atoms with E-state index in [2.05, 4.69) is 0 Å². The number of hydrogen-bond donors (Lipinski definition) is 0. The average molecular weight is 277 g/mol. The van der Waals surface area contributed by atoms with Gasteiger partial charge in [-0.15, -0.1) is 0 Å². The van der Waals surface area contributed by atoms with Gasteiger partial charge in [-0.3, -0.25) is 13.9 Å². The van der Waals surface area contributed by atoms with Crippen molar-refractivity contribution in [1.29, 1.82) is 0 Å². The largest absolute Gasteiger partial charge is 0.450 e. The summed E-state index contributed by atoms with van der Waals surface area (Å²) < 4.78 is 6.64. The van der Waals surface area contributed by atoms with Crippen LogP contribution in [0.15, 0.2) is 36.4 Å². The Hall–Kier alpha value is -1.75. The lowest BCUT2D eigenvalue weighted by Crippen LogP contribution is -2.61. The van der Waals surface area contributed by atoms with Crippen LogP contribution in [0.4, 0.5) is 0 Å². The molecule has 1 aliphatic rings. The maximum atomic E-state index is 11.7. The third-order valence-electron chi connectivity index (χ3n) is 2.82. The van der Waals surface area contributed by atoms with Crippen LogP contribution in [0, 0.1) is 0 Å². The van der Waals surface area contributed by atoms with Gasteiger partial charge < -0.3 is 4.74 Å². The monoisotopic (exact) mass is 277 g/mol. The Balaban J connectivity index is 2.09. The zero-order chi connectivity index (χ0) is 13.8. The molecule has 2 atom stereocenters. The molecule has 0 aliphatic carbocycles. The molecule has 1 aliphatic heterocycles. The van der Waals surface area contributed by atoms with Crippen molar-refractivity contribution in [2.24, 2.45) is 0 Å². The summed E-state index contributed by atoms with van der Waals surface area (Å²) in [6.07, 6.45) is 4.95. The highest BCUT2D eigenvalue weighted by Gasteiger charge is 2.48.